The molecule has 0 bridgehead atoms. The van der Waals surface area contributed by atoms with Crippen molar-refractivity contribution in [3.63, 3.8) is 0 Å². The molecule has 0 radical (unpaired) electrons. The first kappa shape index (κ1) is 17.1. The van der Waals surface area contributed by atoms with Crippen LogP contribution in [0.2, 0.25) is 0 Å². The molecule has 0 aliphatic heterocycles. The van der Waals surface area contributed by atoms with Gasteiger partial charge in [0.05, 0.1) is 28.9 Å². The molecule has 0 saturated heterocycles. The lowest BCUT2D eigenvalue weighted by atomic mass is 10.1. The molecule has 0 fully saturated rings. The van der Waals surface area contributed by atoms with Crippen molar-refractivity contribution in [1.29, 1.82) is 5.26 Å². The first-order valence-electron chi connectivity index (χ1n) is 7.92. The molecular weight excluding hydrogens is 368 g/mol. The summed E-state index contributed by atoms with van der Waals surface area (Å²) in [7, 11) is 0. The van der Waals surface area contributed by atoms with Crippen molar-refractivity contribution in [1.82, 2.24) is 19.7 Å². The molecule has 0 spiro atoms. The molecule has 0 amide bonds. The van der Waals surface area contributed by atoms with E-state index in [2.05, 4.69) is 15.1 Å². The van der Waals surface area contributed by atoms with E-state index in [1.807, 2.05) is 6.07 Å². The third kappa shape index (κ3) is 3.37. The van der Waals surface area contributed by atoms with Gasteiger partial charge in [-0.15, -0.1) is 11.8 Å². The van der Waals surface area contributed by atoms with Gasteiger partial charge in [-0.05, 0) is 48.0 Å². The third-order valence-electron chi connectivity index (χ3n) is 3.94. The lowest BCUT2D eigenvalue weighted by molar-refractivity contribution is 0.617. The van der Waals surface area contributed by atoms with E-state index in [4.69, 9.17) is 5.26 Å². The van der Waals surface area contributed by atoms with Crippen molar-refractivity contribution >= 4 is 22.8 Å². The number of hydrogen-bond acceptors (Lipinski definition) is 5. The van der Waals surface area contributed by atoms with Crippen LogP contribution < -0.4 is 0 Å². The Hall–Kier alpha value is -3.31. The second-order valence-corrected chi connectivity index (χ2v) is 6.62. The largest absolute Gasteiger partial charge is 0.229 e. The summed E-state index contributed by atoms with van der Waals surface area (Å²) >= 11 is 1.33. The van der Waals surface area contributed by atoms with E-state index in [1.165, 1.54) is 48.4 Å². The highest BCUT2D eigenvalue weighted by atomic mass is 32.2. The summed E-state index contributed by atoms with van der Waals surface area (Å²) in [4.78, 5) is 8.53. The number of fused-ring (bicyclic) bond motifs is 1. The van der Waals surface area contributed by atoms with Crippen molar-refractivity contribution in [2.24, 2.45) is 0 Å². The van der Waals surface area contributed by atoms with Gasteiger partial charge in [0.25, 0.3) is 0 Å². The molecule has 2 heterocycles. The zero-order chi connectivity index (χ0) is 18.8. The Bertz CT molecular complexity index is 1170. The van der Waals surface area contributed by atoms with E-state index >= 15 is 0 Å². The van der Waals surface area contributed by atoms with Gasteiger partial charge in [-0.1, -0.05) is 0 Å². The van der Waals surface area contributed by atoms with Crippen LogP contribution in [0.25, 0.3) is 16.7 Å². The number of hydrogen-bond donors (Lipinski definition) is 0. The van der Waals surface area contributed by atoms with Crippen LogP contribution in [0.3, 0.4) is 0 Å². The molecule has 0 saturated carbocycles. The summed E-state index contributed by atoms with van der Waals surface area (Å²) in [5.74, 6) is -0.383. The summed E-state index contributed by atoms with van der Waals surface area (Å²) in [5, 5.41) is 14.7. The number of aromatic nitrogens is 4. The van der Waals surface area contributed by atoms with Crippen LogP contribution in [-0.4, -0.2) is 19.7 Å². The smallest absolute Gasteiger partial charge is 0.167 e. The Kier molecular flexibility index (Phi) is 4.52. The van der Waals surface area contributed by atoms with Gasteiger partial charge in [-0.3, -0.25) is 0 Å². The molecule has 0 aliphatic rings. The van der Waals surface area contributed by atoms with E-state index in [-0.39, 0.29) is 11.6 Å². The third-order valence-corrected chi connectivity index (χ3v) is 4.99. The van der Waals surface area contributed by atoms with Gasteiger partial charge in [0, 0.05) is 5.75 Å². The van der Waals surface area contributed by atoms with Gasteiger partial charge < -0.3 is 0 Å². The molecule has 27 heavy (non-hydrogen) atoms. The van der Waals surface area contributed by atoms with Crippen molar-refractivity contribution < 1.29 is 8.78 Å². The van der Waals surface area contributed by atoms with Crippen molar-refractivity contribution in [2.75, 3.05) is 0 Å². The molecule has 2 aromatic carbocycles. The van der Waals surface area contributed by atoms with E-state index in [0.717, 1.165) is 0 Å². The summed E-state index contributed by atoms with van der Waals surface area (Å²) in [6, 6.07) is 12.2. The highest BCUT2D eigenvalue weighted by Crippen LogP contribution is 2.29. The molecule has 0 aliphatic carbocycles. The number of benzene rings is 2. The molecule has 0 unspecified atom stereocenters. The lowest BCUT2D eigenvalue weighted by Gasteiger charge is -2.05. The average molecular weight is 379 g/mol. The quantitative estimate of drug-likeness (QED) is 0.392. The van der Waals surface area contributed by atoms with Crippen LogP contribution in [0.1, 0.15) is 11.1 Å². The fourth-order valence-corrected chi connectivity index (χ4v) is 3.54. The monoisotopic (exact) mass is 379 g/mol. The maximum atomic E-state index is 14.0. The maximum absolute atomic E-state index is 14.0. The van der Waals surface area contributed by atoms with Crippen LogP contribution in [0, 0.1) is 23.0 Å². The Morgan fingerprint density at radius 1 is 1.07 bits per heavy atom. The summed E-state index contributed by atoms with van der Waals surface area (Å²) in [6.45, 7) is 0. The van der Waals surface area contributed by atoms with Gasteiger partial charge in [-0.25, -0.2) is 23.4 Å². The van der Waals surface area contributed by atoms with Gasteiger partial charge in [0.1, 0.15) is 23.0 Å². The van der Waals surface area contributed by atoms with Crippen LogP contribution in [0.15, 0.2) is 60.0 Å². The fraction of sp³-hybridized carbons (Fsp3) is 0.0526. The second-order valence-electron chi connectivity index (χ2n) is 5.66. The van der Waals surface area contributed by atoms with E-state index in [0.29, 0.717) is 38.6 Å². The van der Waals surface area contributed by atoms with Crippen molar-refractivity contribution in [3.8, 4) is 11.8 Å². The first-order valence-corrected chi connectivity index (χ1v) is 8.90. The summed E-state index contributed by atoms with van der Waals surface area (Å²) in [5.41, 5.74) is 2.08. The van der Waals surface area contributed by atoms with Crippen molar-refractivity contribution in [2.45, 2.75) is 10.8 Å². The van der Waals surface area contributed by atoms with Gasteiger partial charge in [0.2, 0.25) is 0 Å². The minimum atomic E-state index is -0.367. The van der Waals surface area contributed by atoms with Crippen molar-refractivity contribution in [3.05, 3.63) is 77.8 Å². The SMILES string of the molecule is N#Cc1ccc(F)c(CSc2ncnc3c2cnn3-c2ccc(F)cc2)c1. The maximum Gasteiger partial charge on any atom is 0.167 e. The minimum absolute atomic E-state index is 0.315. The van der Waals surface area contributed by atoms with Gasteiger partial charge in [-0.2, -0.15) is 10.4 Å². The second kappa shape index (κ2) is 7.13. The number of halogens is 2. The first-order chi connectivity index (χ1) is 13.2. The topological polar surface area (TPSA) is 67.4 Å². The highest BCUT2D eigenvalue weighted by molar-refractivity contribution is 7.98. The van der Waals surface area contributed by atoms with Crippen LogP contribution in [0.4, 0.5) is 8.78 Å². The summed E-state index contributed by atoms with van der Waals surface area (Å²) < 4.78 is 28.7. The normalized spacial score (nSPS) is 10.9. The van der Waals surface area contributed by atoms with E-state index < -0.39 is 0 Å². The number of thioether (sulfide) groups is 1. The predicted octanol–water partition coefficient (Wildman–Crippen LogP) is 4.26. The zero-order valence-corrected chi connectivity index (χ0v) is 14.6. The molecule has 0 N–H and O–H groups in total. The Labute approximate surface area is 157 Å². The van der Waals surface area contributed by atoms with E-state index in [1.54, 1.807) is 23.0 Å². The Morgan fingerprint density at radius 2 is 1.89 bits per heavy atom. The minimum Gasteiger partial charge on any atom is -0.229 e. The predicted molar refractivity (Wildman–Crippen MR) is 97.3 cm³/mol. The Balaban J connectivity index is 1.66. The molecule has 2 aromatic heterocycles. The average Bonchev–Trinajstić information content (AvgIpc) is 3.13. The van der Waals surface area contributed by atoms with Crippen LogP contribution in [0.5, 0.6) is 0 Å². The molecule has 8 heteroatoms. The number of nitriles is 1. The lowest BCUT2D eigenvalue weighted by Crippen LogP contribution is -1.98. The number of nitrogens with zero attached hydrogens (tertiary/aromatic N) is 5. The molecule has 5 nitrogen and oxygen atoms in total. The highest BCUT2D eigenvalue weighted by Gasteiger charge is 2.13. The van der Waals surface area contributed by atoms with Crippen LogP contribution in [-0.2, 0) is 5.75 Å². The van der Waals surface area contributed by atoms with E-state index in [9.17, 15) is 8.78 Å². The molecule has 132 valence electrons. The van der Waals surface area contributed by atoms with Gasteiger partial charge in [0.15, 0.2) is 5.65 Å². The Morgan fingerprint density at radius 3 is 2.67 bits per heavy atom. The number of rotatable bonds is 4. The molecule has 4 aromatic rings. The molecule has 0 atom stereocenters. The zero-order valence-electron chi connectivity index (χ0n) is 13.8. The standard InChI is InChI=1S/C19H11F2N5S/c20-14-2-4-15(5-3-14)26-18-16(9-25-26)19(24-11-23-18)27-10-13-7-12(8-22)1-6-17(13)21/h1-7,9,11H,10H2. The van der Waals surface area contributed by atoms with Gasteiger partial charge >= 0.3 is 0 Å². The fourth-order valence-electron chi connectivity index (χ4n) is 2.61. The molecular formula is C19H11F2N5S. The summed E-state index contributed by atoms with van der Waals surface area (Å²) in [6.07, 6.45) is 3.04. The van der Waals surface area contributed by atoms with Crippen LogP contribution >= 0.6 is 11.8 Å². The molecule has 4 rings (SSSR count).